The van der Waals surface area contributed by atoms with E-state index in [0.29, 0.717) is 11.3 Å². The van der Waals surface area contributed by atoms with Gasteiger partial charge in [0.1, 0.15) is 18.4 Å². The van der Waals surface area contributed by atoms with Crippen LogP contribution in [0.5, 0.6) is 0 Å². The normalized spacial score (nSPS) is 8.38. The topological polar surface area (TPSA) is 56.9 Å². The van der Waals surface area contributed by atoms with Crippen molar-refractivity contribution in [2.45, 2.75) is 6.92 Å². The molecule has 0 amide bonds. The average Bonchev–Trinajstić information content (AvgIpc) is 2.15. The molecule has 64 valence electrons. The number of aromatic nitrogens is 1. The molecule has 0 aliphatic carbocycles. The van der Waals surface area contributed by atoms with Crippen molar-refractivity contribution >= 4 is 0 Å². The van der Waals surface area contributed by atoms with Crippen LogP contribution in [0.4, 0.5) is 0 Å². The van der Waals surface area contributed by atoms with Crippen LogP contribution in [-0.4, -0.2) is 16.7 Å². The number of aryl methyl sites for hydroxylation is 1. The van der Waals surface area contributed by atoms with Gasteiger partial charge in [-0.15, -0.1) is 0 Å². The van der Waals surface area contributed by atoms with Crippen molar-refractivity contribution in [3.05, 3.63) is 29.1 Å². The minimum absolute atomic E-state index is 0.168. The molecule has 0 aliphatic heterocycles. The Balaban J connectivity index is 3.04. The Morgan fingerprint density at radius 3 is 2.92 bits per heavy atom. The molecule has 0 atom stereocenters. The van der Waals surface area contributed by atoms with Gasteiger partial charge in [-0.3, -0.25) is 0 Å². The highest BCUT2D eigenvalue weighted by Gasteiger charge is 1.97. The number of aliphatic hydroxyl groups excluding tert-OH is 1. The van der Waals surface area contributed by atoms with Crippen LogP contribution in [0.3, 0.4) is 0 Å². The van der Waals surface area contributed by atoms with Crippen LogP contribution in [0.15, 0.2) is 12.3 Å². The molecule has 13 heavy (non-hydrogen) atoms. The highest BCUT2D eigenvalue weighted by atomic mass is 16.2. The third kappa shape index (κ3) is 2.30. The summed E-state index contributed by atoms with van der Waals surface area (Å²) in [5.74, 6) is 5.23. The fraction of sp³-hybridized carbons (Fsp3) is 0.200. The summed E-state index contributed by atoms with van der Waals surface area (Å²) in [5.41, 5.74) is 1.92. The third-order valence-electron chi connectivity index (χ3n) is 1.50. The van der Waals surface area contributed by atoms with Gasteiger partial charge in [0.15, 0.2) is 0 Å². The molecule has 0 saturated heterocycles. The molecule has 0 aromatic carbocycles. The van der Waals surface area contributed by atoms with Gasteiger partial charge >= 0.3 is 0 Å². The van der Waals surface area contributed by atoms with Crippen molar-refractivity contribution in [2.24, 2.45) is 0 Å². The number of nitriles is 1. The van der Waals surface area contributed by atoms with E-state index in [4.69, 9.17) is 10.4 Å². The van der Waals surface area contributed by atoms with Gasteiger partial charge in [0.05, 0.1) is 0 Å². The number of pyridine rings is 1. The van der Waals surface area contributed by atoms with E-state index < -0.39 is 0 Å². The molecule has 1 rings (SSSR count). The molecule has 0 unspecified atom stereocenters. The van der Waals surface area contributed by atoms with E-state index in [-0.39, 0.29) is 6.61 Å². The van der Waals surface area contributed by atoms with Crippen LogP contribution >= 0.6 is 0 Å². The molecule has 0 fully saturated rings. The molecule has 3 nitrogen and oxygen atoms in total. The summed E-state index contributed by atoms with van der Waals surface area (Å²) in [5, 5.41) is 17.0. The van der Waals surface area contributed by atoms with Crippen LogP contribution < -0.4 is 0 Å². The second-order valence-corrected chi connectivity index (χ2v) is 2.46. The lowest BCUT2D eigenvalue weighted by molar-refractivity contribution is 0.350. The van der Waals surface area contributed by atoms with Crippen molar-refractivity contribution in [2.75, 3.05) is 6.61 Å². The monoisotopic (exact) mass is 172 g/mol. The van der Waals surface area contributed by atoms with Crippen molar-refractivity contribution < 1.29 is 5.11 Å². The minimum atomic E-state index is -0.168. The Hall–Kier alpha value is -1.84. The van der Waals surface area contributed by atoms with E-state index in [9.17, 15) is 0 Å². The van der Waals surface area contributed by atoms with Gasteiger partial charge in [-0.2, -0.15) is 5.26 Å². The first-order valence-electron chi connectivity index (χ1n) is 3.74. The summed E-state index contributed by atoms with van der Waals surface area (Å²) < 4.78 is 0. The molecular weight excluding hydrogens is 164 g/mol. The molecule has 1 N–H and O–H groups in total. The van der Waals surface area contributed by atoms with Crippen LogP contribution in [0.2, 0.25) is 0 Å². The number of nitrogens with zero attached hydrogens (tertiary/aromatic N) is 2. The van der Waals surface area contributed by atoms with Gasteiger partial charge in [0.2, 0.25) is 0 Å². The van der Waals surface area contributed by atoms with Crippen molar-refractivity contribution in [3.8, 4) is 17.9 Å². The molecule has 1 heterocycles. The highest BCUT2D eigenvalue weighted by molar-refractivity contribution is 5.39. The van der Waals surface area contributed by atoms with Gasteiger partial charge in [-0.25, -0.2) is 4.98 Å². The van der Waals surface area contributed by atoms with E-state index in [1.54, 1.807) is 13.0 Å². The predicted octanol–water partition coefficient (Wildman–Crippen LogP) is 0.605. The Bertz CT molecular complexity index is 407. The minimum Gasteiger partial charge on any atom is -0.384 e. The van der Waals surface area contributed by atoms with Crippen molar-refractivity contribution in [1.29, 1.82) is 5.26 Å². The Morgan fingerprint density at radius 2 is 2.38 bits per heavy atom. The molecular formula is C10H8N2O. The second-order valence-electron chi connectivity index (χ2n) is 2.46. The Labute approximate surface area is 76.7 Å². The van der Waals surface area contributed by atoms with Crippen LogP contribution in [0.1, 0.15) is 16.8 Å². The number of hydrogen-bond donors (Lipinski definition) is 1. The molecule has 1 aromatic heterocycles. The molecule has 0 spiro atoms. The fourth-order valence-corrected chi connectivity index (χ4v) is 0.902. The first-order chi connectivity index (χ1) is 6.27. The lowest BCUT2D eigenvalue weighted by Crippen LogP contribution is -1.89. The maximum Gasteiger partial charge on any atom is 0.143 e. The summed E-state index contributed by atoms with van der Waals surface area (Å²) in [6.07, 6.45) is 1.52. The number of aliphatic hydroxyl groups is 1. The Kier molecular flexibility index (Phi) is 3.03. The summed E-state index contributed by atoms with van der Waals surface area (Å²) >= 11 is 0. The lowest BCUT2D eigenvalue weighted by atomic mass is 10.1. The van der Waals surface area contributed by atoms with E-state index in [1.807, 2.05) is 6.07 Å². The zero-order chi connectivity index (χ0) is 9.68. The molecule has 0 saturated carbocycles. The largest absolute Gasteiger partial charge is 0.384 e. The van der Waals surface area contributed by atoms with E-state index in [2.05, 4.69) is 16.8 Å². The number of rotatable bonds is 0. The summed E-state index contributed by atoms with van der Waals surface area (Å²) in [6.45, 7) is 1.63. The highest BCUT2D eigenvalue weighted by Crippen LogP contribution is 2.04. The van der Waals surface area contributed by atoms with Gasteiger partial charge in [-0.05, 0) is 18.6 Å². The quantitative estimate of drug-likeness (QED) is 0.583. The first kappa shape index (κ1) is 9.25. The van der Waals surface area contributed by atoms with Crippen molar-refractivity contribution in [1.82, 2.24) is 4.98 Å². The van der Waals surface area contributed by atoms with E-state index in [0.717, 1.165) is 5.56 Å². The smallest absolute Gasteiger partial charge is 0.143 e. The molecule has 0 radical (unpaired) electrons. The SMILES string of the molecule is Cc1cc(C#CCO)cnc1C#N. The van der Waals surface area contributed by atoms with Gasteiger partial charge in [0.25, 0.3) is 0 Å². The fourth-order valence-electron chi connectivity index (χ4n) is 0.902. The molecule has 3 heteroatoms. The summed E-state index contributed by atoms with van der Waals surface area (Å²) in [6, 6.07) is 3.74. The summed E-state index contributed by atoms with van der Waals surface area (Å²) in [7, 11) is 0. The third-order valence-corrected chi connectivity index (χ3v) is 1.50. The van der Waals surface area contributed by atoms with Crippen LogP contribution in [-0.2, 0) is 0 Å². The molecule has 0 bridgehead atoms. The zero-order valence-corrected chi connectivity index (χ0v) is 7.20. The van der Waals surface area contributed by atoms with Crippen LogP contribution in [0, 0.1) is 30.1 Å². The standard InChI is InChI=1S/C10H8N2O/c1-8-5-9(3-2-4-13)7-12-10(8)6-11/h5,7,13H,4H2,1H3. The van der Waals surface area contributed by atoms with E-state index in [1.165, 1.54) is 6.20 Å². The molecule has 1 aromatic rings. The molecule has 0 aliphatic rings. The van der Waals surface area contributed by atoms with Gasteiger partial charge in [-0.1, -0.05) is 11.8 Å². The average molecular weight is 172 g/mol. The lowest BCUT2D eigenvalue weighted by Gasteiger charge is -1.95. The van der Waals surface area contributed by atoms with Crippen molar-refractivity contribution in [3.63, 3.8) is 0 Å². The summed E-state index contributed by atoms with van der Waals surface area (Å²) in [4.78, 5) is 3.90. The predicted molar refractivity (Wildman–Crippen MR) is 47.7 cm³/mol. The van der Waals surface area contributed by atoms with Gasteiger partial charge in [0, 0.05) is 11.8 Å². The van der Waals surface area contributed by atoms with E-state index >= 15 is 0 Å². The van der Waals surface area contributed by atoms with Crippen LogP contribution in [0.25, 0.3) is 0 Å². The maximum atomic E-state index is 8.60. The zero-order valence-electron chi connectivity index (χ0n) is 7.20. The maximum absolute atomic E-state index is 8.60. The number of hydrogen-bond acceptors (Lipinski definition) is 3. The second kappa shape index (κ2) is 4.25. The van der Waals surface area contributed by atoms with Gasteiger partial charge < -0.3 is 5.11 Å². The first-order valence-corrected chi connectivity index (χ1v) is 3.74. The Morgan fingerprint density at radius 1 is 1.62 bits per heavy atom.